The van der Waals surface area contributed by atoms with Gasteiger partial charge in [0.25, 0.3) is 5.91 Å². The van der Waals surface area contributed by atoms with Crippen LogP contribution in [0.15, 0.2) is 54.9 Å². The van der Waals surface area contributed by atoms with Gasteiger partial charge in [0.05, 0.1) is 17.3 Å². The summed E-state index contributed by atoms with van der Waals surface area (Å²) in [5.74, 6) is -1.80. The summed E-state index contributed by atoms with van der Waals surface area (Å²) in [6.45, 7) is 0. The topological polar surface area (TPSA) is 90.7 Å². The fourth-order valence-corrected chi connectivity index (χ4v) is 2.10. The zero-order valence-corrected chi connectivity index (χ0v) is 13.2. The van der Waals surface area contributed by atoms with E-state index in [4.69, 9.17) is 5.26 Å². The van der Waals surface area contributed by atoms with Crippen LogP contribution in [0, 0.1) is 23.0 Å². The summed E-state index contributed by atoms with van der Waals surface area (Å²) in [5, 5.41) is 14.1. The largest absolute Gasteiger partial charge is 0.338 e. The second-order valence-electron chi connectivity index (χ2n) is 5.18. The quantitative estimate of drug-likeness (QED) is 0.749. The minimum atomic E-state index is -0.785. The number of nitrogens with one attached hydrogen (secondary N) is 2. The van der Waals surface area contributed by atoms with Gasteiger partial charge in [0.1, 0.15) is 29.5 Å². The first kappa shape index (κ1) is 17.0. The van der Waals surface area contributed by atoms with Gasteiger partial charge in [-0.2, -0.15) is 5.26 Å². The van der Waals surface area contributed by atoms with E-state index in [-0.39, 0.29) is 17.2 Å². The molecule has 2 aromatic carbocycles. The number of halogens is 2. The van der Waals surface area contributed by atoms with Gasteiger partial charge in [0.15, 0.2) is 0 Å². The van der Waals surface area contributed by atoms with E-state index in [9.17, 15) is 13.6 Å². The van der Waals surface area contributed by atoms with Crippen molar-refractivity contribution in [1.82, 2.24) is 9.97 Å². The van der Waals surface area contributed by atoms with Crippen molar-refractivity contribution < 1.29 is 13.6 Å². The first-order chi connectivity index (χ1) is 12.5. The fourth-order valence-electron chi connectivity index (χ4n) is 2.10. The highest BCUT2D eigenvalue weighted by atomic mass is 19.1. The number of nitrogens with zero attached hydrogens (tertiary/aromatic N) is 3. The molecule has 0 saturated carbocycles. The molecule has 0 aliphatic rings. The first-order valence-corrected chi connectivity index (χ1v) is 7.41. The molecule has 128 valence electrons. The van der Waals surface area contributed by atoms with E-state index in [1.807, 2.05) is 6.07 Å². The summed E-state index contributed by atoms with van der Waals surface area (Å²) in [4.78, 5) is 20.1. The zero-order valence-electron chi connectivity index (χ0n) is 13.2. The Morgan fingerprint density at radius 3 is 2.50 bits per heavy atom. The molecule has 2 N–H and O–H groups in total. The summed E-state index contributed by atoms with van der Waals surface area (Å²) in [5.41, 5.74) is 1.03. The zero-order chi connectivity index (χ0) is 18.5. The van der Waals surface area contributed by atoms with Crippen LogP contribution in [0.4, 0.5) is 26.0 Å². The third-order valence-corrected chi connectivity index (χ3v) is 3.37. The molecule has 0 bridgehead atoms. The number of carbonyl (C=O) groups is 1. The van der Waals surface area contributed by atoms with Gasteiger partial charge < -0.3 is 10.6 Å². The van der Waals surface area contributed by atoms with Crippen LogP contribution in [-0.4, -0.2) is 15.9 Å². The van der Waals surface area contributed by atoms with Gasteiger partial charge in [-0.3, -0.25) is 4.79 Å². The van der Waals surface area contributed by atoms with Crippen LogP contribution >= 0.6 is 0 Å². The van der Waals surface area contributed by atoms with Crippen molar-refractivity contribution >= 4 is 23.1 Å². The minimum absolute atomic E-state index is 0.0172. The lowest BCUT2D eigenvalue weighted by molar-refractivity contribution is 0.102. The average Bonchev–Trinajstić information content (AvgIpc) is 2.65. The number of aromatic nitrogens is 2. The Labute approximate surface area is 147 Å². The van der Waals surface area contributed by atoms with Crippen molar-refractivity contribution in [2.45, 2.75) is 0 Å². The van der Waals surface area contributed by atoms with Gasteiger partial charge >= 0.3 is 0 Å². The maximum atomic E-state index is 13.7. The van der Waals surface area contributed by atoms with Crippen LogP contribution in [0.3, 0.4) is 0 Å². The smallest absolute Gasteiger partial charge is 0.274 e. The molecule has 26 heavy (non-hydrogen) atoms. The van der Waals surface area contributed by atoms with Gasteiger partial charge in [-0.05, 0) is 36.4 Å². The number of anilines is 3. The third kappa shape index (κ3) is 3.96. The van der Waals surface area contributed by atoms with Gasteiger partial charge in [0.2, 0.25) is 0 Å². The Morgan fingerprint density at radius 2 is 1.81 bits per heavy atom. The molecule has 1 heterocycles. The van der Waals surface area contributed by atoms with E-state index in [1.165, 1.54) is 12.1 Å². The molecule has 0 aliphatic heterocycles. The van der Waals surface area contributed by atoms with Crippen molar-refractivity contribution in [2.75, 3.05) is 10.6 Å². The molecule has 3 aromatic rings. The molecule has 0 aliphatic carbocycles. The molecule has 0 radical (unpaired) electrons. The van der Waals surface area contributed by atoms with Crippen LogP contribution in [0.2, 0.25) is 0 Å². The number of amides is 1. The van der Waals surface area contributed by atoms with E-state index in [1.54, 1.807) is 24.3 Å². The highest BCUT2D eigenvalue weighted by molar-refractivity contribution is 6.03. The SMILES string of the molecule is N#Cc1ccc(NC(=O)c2cc(Nc3ccc(F)cc3F)ncn2)cc1. The van der Waals surface area contributed by atoms with Gasteiger partial charge in [-0.15, -0.1) is 0 Å². The highest BCUT2D eigenvalue weighted by Crippen LogP contribution is 2.19. The standard InChI is InChI=1S/C18H11F2N5O/c19-12-3-6-15(14(20)7-12)25-17-8-16(22-10-23-17)18(26)24-13-4-1-11(9-21)2-5-13/h1-8,10H,(H,24,26)(H,22,23,25). The van der Waals surface area contributed by atoms with Crippen molar-refractivity contribution in [3.05, 3.63) is 77.8 Å². The van der Waals surface area contributed by atoms with Crippen LogP contribution in [-0.2, 0) is 0 Å². The van der Waals surface area contributed by atoms with Crippen molar-refractivity contribution in [1.29, 1.82) is 5.26 Å². The maximum absolute atomic E-state index is 13.7. The second-order valence-corrected chi connectivity index (χ2v) is 5.18. The molecular weight excluding hydrogens is 340 g/mol. The highest BCUT2D eigenvalue weighted by Gasteiger charge is 2.11. The molecule has 0 spiro atoms. The monoisotopic (exact) mass is 351 g/mol. The number of carbonyl (C=O) groups excluding carboxylic acids is 1. The average molecular weight is 351 g/mol. The summed E-state index contributed by atoms with van der Waals surface area (Å²) in [6, 6.07) is 12.7. The Kier molecular flexibility index (Phi) is 4.80. The normalized spacial score (nSPS) is 10.0. The van der Waals surface area contributed by atoms with Crippen molar-refractivity contribution in [3.63, 3.8) is 0 Å². The Balaban J connectivity index is 1.75. The molecule has 0 atom stereocenters. The van der Waals surface area contributed by atoms with E-state index in [0.29, 0.717) is 11.3 Å². The van der Waals surface area contributed by atoms with E-state index in [2.05, 4.69) is 20.6 Å². The summed E-state index contributed by atoms with van der Waals surface area (Å²) >= 11 is 0. The van der Waals surface area contributed by atoms with Gasteiger partial charge in [0, 0.05) is 17.8 Å². The third-order valence-electron chi connectivity index (χ3n) is 3.37. The van der Waals surface area contributed by atoms with E-state index >= 15 is 0 Å². The van der Waals surface area contributed by atoms with Crippen LogP contribution in [0.5, 0.6) is 0 Å². The Hall–Kier alpha value is -3.86. The van der Waals surface area contributed by atoms with Crippen LogP contribution < -0.4 is 10.6 Å². The van der Waals surface area contributed by atoms with Crippen LogP contribution in [0.1, 0.15) is 16.1 Å². The number of nitriles is 1. The molecule has 1 aromatic heterocycles. The summed E-state index contributed by atoms with van der Waals surface area (Å²) in [7, 11) is 0. The fraction of sp³-hybridized carbons (Fsp3) is 0. The molecule has 1 amide bonds. The Morgan fingerprint density at radius 1 is 1.04 bits per heavy atom. The molecule has 8 heteroatoms. The Bertz CT molecular complexity index is 999. The number of benzene rings is 2. The van der Waals surface area contributed by atoms with Crippen LogP contribution in [0.25, 0.3) is 0 Å². The molecular formula is C18H11F2N5O. The molecule has 0 unspecified atom stereocenters. The molecule has 0 fully saturated rings. The second kappa shape index (κ2) is 7.36. The van der Waals surface area contributed by atoms with Gasteiger partial charge in [-0.25, -0.2) is 18.7 Å². The maximum Gasteiger partial charge on any atom is 0.274 e. The number of hydrogen-bond acceptors (Lipinski definition) is 5. The predicted molar refractivity (Wildman–Crippen MR) is 90.8 cm³/mol. The molecule has 6 nitrogen and oxygen atoms in total. The lowest BCUT2D eigenvalue weighted by Crippen LogP contribution is -2.14. The van der Waals surface area contributed by atoms with E-state index in [0.717, 1.165) is 18.5 Å². The van der Waals surface area contributed by atoms with Crippen molar-refractivity contribution in [2.24, 2.45) is 0 Å². The van der Waals surface area contributed by atoms with E-state index < -0.39 is 17.5 Å². The molecule has 0 saturated heterocycles. The number of rotatable bonds is 4. The minimum Gasteiger partial charge on any atom is -0.338 e. The molecule has 3 rings (SSSR count). The first-order valence-electron chi connectivity index (χ1n) is 7.41. The predicted octanol–water partition coefficient (Wildman–Crippen LogP) is 3.62. The lowest BCUT2D eigenvalue weighted by atomic mass is 10.2. The summed E-state index contributed by atoms with van der Waals surface area (Å²) < 4.78 is 26.6. The lowest BCUT2D eigenvalue weighted by Gasteiger charge is -2.08. The van der Waals surface area contributed by atoms with Gasteiger partial charge in [-0.1, -0.05) is 0 Å². The van der Waals surface area contributed by atoms with Crippen molar-refractivity contribution in [3.8, 4) is 6.07 Å². The number of hydrogen-bond donors (Lipinski definition) is 2. The summed E-state index contributed by atoms with van der Waals surface area (Å²) in [6.07, 6.45) is 1.15.